The highest BCUT2D eigenvalue weighted by Crippen LogP contribution is 2.11. The van der Waals surface area contributed by atoms with Gasteiger partial charge >= 0.3 is 0 Å². The monoisotopic (exact) mass is 294 g/mol. The summed E-state index contributed by atoms with van der Waals surface area (Å²) in [5.74, 6) is 1.12. The van der Waals surface area contributed by atoms with E-state index in [1.54, 1.807) is 6.33 Å². The third-order valence-corrected chi connectivity index (χ3v) is 4.01. The predicted octanol–water partition coefficient (Wildman–Crippen LogP) is 3.96. The van der Waals surface area contributed by atoms with Gasteiger partial charge in [-0.3, -0.25) is 4.68 Å². The lowest BCUT2D eigenvalue weighted by Gasteiger charge is -2.18. The van der Waals surface area contributed by atoms with Crippen LogP contribution in [0.5, 0.6) is 0 Å². The van der Waals surface area contributed by atoms with E-state index in [4.69, 9.17) is 0 Å². The van der Waals surface area contributed by atoms with Gasteiger partial charge in [0.05, 0.1) is 0 Å². The molecule has 122 valence electrons. The largest absolute Gasteiger partial charge is 0.314 e. The van der Waals surface area contributed by atoms with Crippen LogP contribution in [0.2, 0.25) is 0 Å². The number of aromatic nitrogens is 3. The van der Waals surface area contributed by atoms with Crippen LogP contribution in [-0.4, -0.2) is 27.4 Å². The van der Waals surface area contributed by atoms with Crippen LogP contribution >= 0.6 is 0 Å². The Hall–Kier alpha value is -0.900. The SMILES string of the molecule is CCCCCCCCC(Cc1ncnn1CC)NCCC. The summed E-state index contributed by atoms with van der Waals surface area (Å²) in [4.78, 5) is 4.42. The first kappa shape index (κ1) is 18.1. The highest BCUT2D eigenvalue weighted by atomic mass is 15.3. The first-order chi connectivity index (χ1) is 10.3. The van der Waals surface area contributed by atoms with Crippen LogP contribution in [0, 0.1) is 0 Å². The van der Waals surface area contributed by atoms with Crippen molar-refractivity contribution < 1.29 is 0 Å². The molecule has 0 aromatic carbocycles. The number of nitrogens with one attached hydrogen (secondary N) is 1. The molecule has 0 aliphatic carbocycles. The van der Waals surface area contributed by atoms with E-state index < -0.39 is 0 Å². The van der Waals surface area contributed by atoms with Gasteiger partial charge < -0.3 is 5.32 Å². The maximum atomic E-state index is 4.42. The maximum absolute atomic E-state index is 4.42. The second-order valence-electron chi connectivity index (χ2n) is 5.90. The second kappa shape index (κ2) is 11.7. The minimum absolute atomic E-state index is 0.547. The summed E-state index contributed by atoms with van der Waals surface area (Å²) in [6, 6.07) is 0.547. The molecule has 4 nitrogen and oxygen atoms in total. The lowest BCUT2D eigenvalue weighted by molar-refractivity contribution is 0.434. The minimum Gasteiger partial charge on any atom is -0.314 e. The number of aryl methyl sites for hydroxylation is 1. The number of hydrogen-bond donors (Lipinski definition) is 1. The zero-order valence-corrected chi connectivity index (χ0v) is 14.3. The fraction of sp³-hybridized carbons (Fsp3) is 0.882. The standard InChI is InChI=1S/C17H34N4/c1-4-7-8-9-10-11-12-16(18-13-5-2)14-17-19-15-20-21(17)6-3/h15-16,18H,4-14H2,1-3H3. The van der Waals surface area contributed by atoms with Crippen molar-refractivity contribution >= 4 is 0 Å². The molecule has 0 fully saturated rings. The second-order valence-corrected chi connectivity index (χ2v) is 5.90. The Bertz CT molecular complexity index is 348. The maximum Gasteiger partial charge on any atom is 0.138 e. The lowest BCUT2D eigenvalue weighted by Crippen LogP contribution is -2.32. The van der Waals surface area contributed by atoms with Gasteiger partial charge in [-0.2, -0.15) is 5.10 Å². The summed E-state index contributed by atoms with van der Waals surface area (Å²) >= 11 is 0. The molecule has 1 atom stereocenters. The van der Waals surface area contributed by atoms with Gasteiger partial charge in [0, 0.05) is 19.0 Å². The van der Waals surface area contributed by atoms with E-state index in [2.05, 4.69) is 36.2 Å². The molecule has 1 N–H and O–H groups in total. The Morgan fingerprint density at radius 2 is 1.81 bits per heavy atom. The van der Waals surface area contributed by atoms with Gasteiger partial charge in [-0.15, -0.1) is 0 Å². The minimum atomic E-state index is 0.547. The number of hydrogen-bond acceptors (Lipinski definition) is 3. The van der Waals surface area contributed by atoms with Crippen molar-refractivity contribution in [2.24, 2.45) is 0 Å². The number of nitrogens with zero attached hydrogens (tertiary/aromatic N) is 3. The number of unbranched alkanes of at least 4 members (excludes halogenated alkanes) is 5. The molecule has 0 amide bonds. The van der Waals surface area contributed by atoms with E-state index in [1.807, 2.05) is 4.68 Å². The molecule has 1 aromatic heterocycles. The van der Waals surface area contributed by atoms with Crippen LogP contribution in [0.15, 0.2) is 6.33 Å². The van der Waals surface area contributed by atoms with E-state index in [1.165, 1.54) is 51.4 Å². The Morgan fingerprint density at radius 3 is 2.52 bits per heavy atom. The van der Waals surface area contributed by atoms with Gasteiger partial charge in [0.15, 0.2) is 0 Å². The molecule has 1 rings (SSSR count). The molecule has 0 saturated heterocycles. The van der Waals surface area contributed by atoms with Gasteiger partial charge in [0.1, 0.15) is 12.2 Å². The first-order valence-electron chi connectivity index (χ1n) is 8.91. The van der Waals surface area contributed by atoms with Crippen LogP contribution in [-0.2, 0) is 13.0 Å². The summed E-state index contributed by atoms with van der Waals surface area (Å²) in [5, 5.41) is 7.96. The topological polar surface area (TPSA) is 42.7 Å². The van der Waals surface area contributed by atoms with Crippen LogP contribution in [0.1, 0.15) is 78.0 Å². The average Bonchev–Trinajstić information content (AvgIpc) is 2.95. The summed E-state index contributed by atoms with van der Waals surface area (Å²) in [6.45, 7) is 8.63. The molecule has 1 unspecified atom stereocenters. The highest BCUT2D eigenvalue weighted by Gasteiger charge is 2.12. The van der Waals surface area contributed by atoms with E-state index in [0.717, 1.165) is 25.3 Å². The van der Waals surface area contributed by atoms with E-state index >= 15 is 0 Å². The molecule has 1 heterocycles. The van der Waals surface area contributed by atoms with Gasteiger partial charge in [-0.25, -0.2) is 4.98 Å². The average molecular weight is 294 g/mol. The summed E-state index contributed by atoms with van der Waals surface area (Å²) < 4.78 is 2.02. The van der Waals surface area contributed by atoms with Crippen LogP contribution in [0.25, 0.3) is 0 Å². The Morgan fingerprint density at radius 1 is 1.05 bits per heavy atom. The number of rotatable bonds is 13. The fourth-order valence-corrected chi connectivity index (χ4v) is 2.73. The molecular weight excluding hydrogens is 260 g/mol. The van der Waals surface area contributed by atoms with Crippen LogP contribution in [0.4, 0.5) is 0 Å². The molecule has 0 spiro atoms. The van der Waals surface area contributed by atoms with E-state index in [9.17, 15) is 0 Å². The summed E-state index contributed by atoms with van der Waals surface area (Å²) in [5.41, 5.74) is 0. The van der Waals surface area contributed by atoms with E-state index in [0.29, 0.717) is 6.04 Å². The van der Waals surface area contributed by atoms with Gasteiger partial charge in [0.25, 0.3) is 0 Å². The van der Waals surface area contributed by atoms with Crippen LogP contribution < -0.4 is 5.32 Å². The van der Waals surface area contributed by atoms with Crippen molar-refractivity contribution in [3.05, 3.63) is 12.2 Å². The molecule has 0 radical (unpaired) electrons. The normalized spacial score (nSPS) is 12.7. The van der Waals surface area contributed by atoms with Gasteiger partial charge in [-0.05, 0) is 26.3 Å². The smallest absolute Gasteiger partial charge is 0.138 e. The van der Waals surface area contributed by atoms with E-state index in [-0.39, 0.29) is 0 Å². The third-order valence-electron chi connectivity index (χ3n) is 4.01. The predicted molar refractivity (Wildman–Crippen MR) is 89.5 cm³/mol. The van der Waals surface area contributed by atoms with Crippen molar-refractivity contribution in [2.75, 3.05) is 6.54 Å². The third kappa shape index (κ3) is 7.60. The molecule has 4 heteroatoms. The Balaban J connectivity index is 2.33. The van der Waals surface area contributed by atoms with Gasteiger partial charge in [0.2, 0.25) is 0 Å². The molecule has 0 aliphatic rings. The Labute approximate surface area is 130 Å². The molecule has 1 aromatic rings. The zero-order chi connectivity index (χ0) is 15.3. The van der Waals surface area contributed by atoms with Gasteiger partial charge in [-0.1, -0.05) is 52.4 Å². The van der Waals surface area contributed by atoms with Crippen molar-refractivity contribution in [3.8, 4) is 0 Å². The molecular formula is C17H34N4. The molecule has 21 heavy (non-hydrogen) atoms. The summed E-state index contributed by atoms with van der Waals surface area (Å²) in [6.07, 6.45) is 13.3. The van der Waals surface area contributed by atoms with Crippen molar-refractivity contribution in [3.63, 3.8) is 0 Å². The van der Waals surface area contributed by atoms with Crippen molar-refractivity contribution in [2.45, 2.75) is 91.1 Å². The summed E-state index contributed by atoms with van der Waals surface area (Å²) in [7, 11) is 0. The van der Waals surface area contributed by atoms with Crippen molar-refractivity contribution in [1.82, 2.24) is 20.1 Å². The van der Waals surface area contributed by atoms with Crippen molar-refractivity contribution in [1.29, 1.82) is 0 Å². The van der Waals surface area contributed by atoms with Crippen LogP contribution in [0.3, 0.4) is 0 Å². The zero-order valence-electron chi connectivity index (χ0n) is 14.3. The fourth-order valence-electron chi connectivity index (χ4n) is 2.73. The molecule has 0 saturated carbocycles. The highest BCUT2D eigenvalue weighted by molar-refractivity contribution is 4.89. The first-order valence-corrected chi connectivity index (χ1v) is 8.91. The Kier molecular flexibility index (Phi) is 10.1. The molecule has 0 aliphatic heterocycles. The quantitative estimate of drug-likeness (QED) is 0.560. The molecule has 0 bridgehead atoms. The lowest BCUT2D eigenvalue weighted by atomic mass is 10.0.